The molecule has 0 spiro atoms. The van der Waals surface area contributed by atoms with Gasteiger partial charge in [-0.1, -0.05) is 13.8 Å². The summed E-state index contributed by atoms with van der Waals surface area (Å²) in [4.78, 5) is 18.0. The van der Waals surface area contributed by atoms with E-state index in [1.807, 2.05) is 0 Å². The summed E-state index contributed by atoms with van der Waals surface area (Å²) in [6.07, 6.45) is 1.66. The van der Waals surface area contributed by atoms with Gasteiger partial charge in [-0.05, 0) is 0 Å². The smallest absolute Gasteiger partial charge is 0.265 e. The monoisotopic (exact) mass is 198 g/mol. The Labute approximate surface area is 82.4 Å². The molecule has 1 heterocycles. The number of nitrogens with zero attached hydrogens (tertiary/aromatic N) is 2. The van der Waals surface area contributed by atoms with Crippen LogP contribution in [0.1, 0.15) is 34.4 Å². The number of hydrogen-bond donors (Lipinski definition) is 0. The molecule has 0 saturated carbocycles. The maximum Gasteiger partial charge on any atom is 0.265 e. The SMILES string of the molecule is CC(C)c1ncc(C(=O)N(C)C)s1. The molecule has 0 atom stereocenters. The van der Waals surface area contributed by atoms with E-state index in [1.165, 1.54) is 11.3 Å². The Morgan fingerprint density at radius 2 is 2.15 bits per heavy atom. The van der Waals surface area contributed by atoms with E-state index < -0.39 is 0 Å². The number of thiazole rings is 1. The van der Waals surface area contributed by atoms with Gasteiger partial charge in [-0.3, -0.25) is 4.79 Å². The summed E-state index contributed by atoms with van der Waals surface area (Å²) in [5, 5.41) is 1.02. The van der Waals surface area contributed by atoms with Crippen LogP contribution in [0.4, 0.5) is 0 Å². The lowest BCUT2D eigenvalue weighted by Crippen LogP contribution is -2.20. The van der Waals surface area contributed by atoms with Crippen LogP contribution in [-0.2, 0) is 0 Å². The minimum Gasteiger partial charge on any atom is -0.344 e. The standard InChI is InChI=1S/C9H14N2OS/c1-6(2)8-10-5-7(13-8)9(12)11(3)4/h5-6H,1-4H3. The number of aromatic nitrogens is 1. The fourth-order valence-electron chi connectivity index (χ4n) is 0.874. The zero-order valence-electron chi connectivity index (χ0n) is 8.37. The molecule has 0 aromatic carbocycles. The molecule has 0 bridgehead atoms. The highest BCUT2D eigenvalue weighted by Crippen LogP contribution is 2.21. The fraction of sp³-hybridized carbons (Fsp3) is 0.556. The van der Waals surface area contributed by atoms with E-state index in [4.69, 9.17) is 0 Å². The molecule has 0 N–H and O–H groups in total. The first-order valence-electron chi connectivity index (χ1n) is 4.19. The Morgan fingerprint density at radius 3 is 2.54 bits per heavy atom. The zero-order chi connectivity index (χ0) is 10.0. The molecule has 4 heteroatoms. The molecular weight excluding hydrogens is 184 g/mol. The molecule has 1 aromatic heterocycles. The average molecular weight is 198 g/mol. The first kappa shape index (κ1) is 10.2. The second kappa shape index (κ2) is 3.87. The Morgan fingerprint density at radius 1 is 1.54 bits per heavy atom. The van der Waals surface area contributed by atoms with Crippen molar-refractivity contribution in [3.8, 4) is 0 Å². The predicted octanol–water partition coefficient (Wildman–Crippen LogP) is 1.97. The van der Waals surface area contributed by atoms with Crippen LogP contribution in [-0.4, -0.2) is 29.9 Å². The number of hydrogen-bond acceptors (Lipinski definition) is 3. The molecule has 72 valence electrons. The van der Waals surface area contributed by atoms with E-state index >= 15 is 0 Å². The molecule has 0 unspecified atom stereocenters. The van der Waals surface area contributed by atoms with Gasteiger partial charge in [-0.25, -0.2) is 4.98 Å². The maximum atomic E-state index is 11.5. The number of carbonyl (C=O) groups is 1. The quantitative estimate of drug-likeness (QED) is 0.728. The third-order valence-corrected chi connectivity index (χ3v) is 2.92. The molecule has 1 rings (SSSR count). The minimum absolute atomic E-state index is 0.0319. The van der Waals surface area contributed by atoms with Gasteiger partial charge in [0, 0.05) is 20.0 Å². The first-order valence-corrected chi connectivity index (χ1v) is 5.01. The summed E-state index contributed by atoms with van der Waals surface area (Å²) in [6, 6.07) is 0. The second-order valence-electron chi connectivity index (χ2n) is 3.42. The topological polar surface area (TPSA) is 33.2 Å². The van der Waals surface area contributed by atoms with Crippen LogP contribution in [0.2, 0.25) is 0 Å². The Balaban J connectivity index is 2.86. The molecule has 0 fully saturated rings. The molecule has 0 aliphatic heterocycles. The number of carbonyl (C=O) groups excluding carboxylic acids is 1. The summed E-state index contributed by atoms with van der Waals surface area (Å²) in [6.45, 7) is 4.14. The molecule has 1 amide bonds. The van der Waals surface area contributed by atoms with Gasteiger partial charge in [0.1, 0.15) is 4.88 Å². The van der Waals surface area contributed by atoms with Crippen molar-refractivity contribution in [2.75, 3.05) is 14.1 Å². The van der Waals surface area contributed by atoms with E-state index in [9.17, 15) is 4.79 Å². The van der Waals surface area contributed by atoms with Gasteiger partial charge in [0.15, 0.2) is 0 Å². The van der Waals surface area contributed by atoms with Gasteiger partial charge < -0.3 is 4.90 Å². The van der Waals surface area contributed by atoms with Crippen molar-refractivity contribution < 1.29 is 4.79 Å². The minimum atomic E-state index is 0.0319. The van der Waals surface area contributed by atoms with Crippen molar-refractivity contribution in [1.82, 2.24) is 9.88 Å². The lowest BCUT2D eigenvalue weighted by molar-refractivity contribution is 0.0832. The van der Waals surface area contributed by atoms with Gasteiger partial charge in [-0.15, -0.1) is 11.3 Å². The summed E-state index contributed by atoms with van der Waals surface area (Å²) in [5.74, 6) is 0.429. The normalized spacial score (nSPS) is 10.5. The Bertz CT molecular complexity index is 304. The van der Waals surface area contributed by atoms with Crippen LogP contribution in [0, 0.1) is 0 Å². The van der Waals surface area contributed by atoms with Crippen molar-refractivity contribution in [1.29, 1.82) is 0 Å². The largest absolute Gasteiger partial charge is 0.344 e. The molecule has 1 aromatic rings. The summed E-state index contributed by atoms with van der Waals surface area (Å²) < 4.78 is 0. The molecule has 0 saturated heterocycles. The van der Waals surface area contributed by atoms with Gasteiger partial charge in [0.2, 0.25) is 0 Å². The van der Waals surface area contributed by atoms with E-state index in [0.717, 1.165) is 5.01 Å². The van der Waals surface area contributed by atoms with Crippen LogP contribution in [0.25, 0.3) is 0 Å². The van der Waals surface area contributed by atoms with Gasteiger partial charge in [0.05, 0.1) is 11.2 Å². The van der Waals surface area contributed by atoms with Gasteiger partial charge in [-0.2, -0.15) is 0 Å². The van der Waals surface area contributed by atoms with Crippen LogP contribution >= 0.6 is 11.3 Å². The van der Waals surface area contributed by atoms with Crippen molar-refractivity contribution in [2.24, 2.45) is 0 Å². The Hall–Kier alpha value is -0.900. The number of amides is 1. The van der Waals surface area contributed by atoms with Crippen molar-refractivity contribution in [2.45, 2.75) is 19.8 Å². The number of rotatable bonds is 2. The van der Waals surface area contributed by atoms with Crippen LogP contribution < -0.4 is 0 Å². The first-order chi connectivity index (χ1) is 6.02. The molecule has 0 aliphatic rings. The van der Waals surface area contributed by atoms with E-state index in [-0.39, 0.29) is 5.91 Å². The lowest BCUT2D eigenvalue weighted by atomic mass is 10.2. The van der Waals surface area contributed by atoms with Crippen LogP contribution in [0.5, 0.6) is 0 Å². The van der Waals surface area contributed by atoms with Crippen molar-refractivity contribution in [3.05, 3.63) is 16.1 Å². The van der Waals surface area contributed by atoms with E-state index in [0.29, 0.717) is 10.8 Å². The highest BCUT2D eigenvalue weighted by atomic mass is 32.1. The molecule has 13 heavy (non-hydrogen) atoms. The second-order valence-corrected chi connectivity index (χ2v) is 4.48. The van der Waals surface area contributed by atoms with Gasteiger partial charge in [0.25, 0.3) is 5.91 Å². The summed E-state index contributed by atoms with van der Waals surface area (Å²) in [7, 11) is 3.49. The predicted molar refractivity (Wildman–Crippen MR) is 54.2 cm³/mol. The van der Waals surface area contributed by atoms with Gasteiger partial charge >= 0.3 is 0 Å². The summed E-state index contributed by atoms with van der Waals surface area (Å²) >= 11 is 1.48. The average Bonchev–Trinajstić information content (AvgIpc) is 2.50. The van der Waals surface area contributed by atoms with Crippen LogP contribution in [0.3, 0.4) is 0 Å². The molecule has 0 radical (unpaired) electrons. The highest BCUT2D eigenvalue weighted by molar-refractivity contribution is 7.13. The van der Waals surface area contributed by atoms with E-state index in [1.54, 1.807) is 25.2 Å². The van der Waals surface area contributed by atoms with Crippen molar-refractivity contribution >= 4 is 17.2 Å². The molecule has 3 nitrogen and oxygen atoms in total. The maximum absolute atomic E-state index is 11.5. The molecule has 0 aliphatic carbocycles. The van der Waals surface area contributed by atoms with Crippen molar-refractivity contribution in [3.63, 3.8) is 0 Å². The third-order valence-electron chi connectivity index (χ3n) is 1.63. The summed E-state index contributed by atoms with van der Waals surface area (Å²) in [5.41, 5.74) is 0. The highest BCUT2D eigenvalue weighted by Gasteiger charge is 2.13. The van der Waals surface area contributed by atoms with E-state index in [2.05, 4.69) is 18.8 Å². The Kier molecular flexibility index (Phi) is 3.03. The fourth-order valence-corrected chi connectivity index (χ4v) is 1.82. The molecular formula is C9H14N2OS. The lowest BCUT2D eigenvalue weighted by Gasteiger charge is -2.06. The zero-order valence-corrected chi connectivity index (χ0v) is 9.18. The van der Waals surface area contributed by atoms with Crippen LogP contribution in [0.15, 0.2) is 6.20 Å². The third kappa shape index (κ3) is 2.28.